The molecule has 6 heteroatoms. The Kier molecular flexibility index (Phi) is 5.66. The first-order valence-electron chi connectivity index (χ1n) is 10.2. The molecule has 0 saturated carbocycles. The van der Waals surface area contributed by atoms with Crippen LogP contribution < -0.4 is 5.32 Å². The molecule has 0 radical (unpaired) electrons. The number of hydrogen-bond donors (Lipinski definition) is 3. The predicted octanol–water partition coefficient (Wildman–Crippen LogP) is 3.55. The SMILES string of the molecule is CC[N+](CC)(CC)C(C)CNc1cccc2c1C(=O)c1c(O)ccc(O)c1C2=O. The standard InChI is InChI=1S/C23H28N2O4/c1-5-25(6-2,7-3)14(4)13-24-16-10-8-9-15-19(16)23(29)21-18(27)12-11-17(26)20(21)22(15)28/h8-12,14H,5-7,13H2,1-4H3,(H2-,24,26,27,28,29)/p+1. The van der Waals surface area contributed by atoms with Gasteiger partial charge in [-0.3, -0.25) is 9.59 Å². The maximum absolute atomic E-state index is 13.2. The summed E-state index contributed by atoms with van der Waals surface area (Å²) in [5.74, 6) is -1.52. The molecule has 1 atom stereocenters. The van der Waals surface area contributed by atoms with Crippen molar-refractivity contribution in [3.05, 3.63) is 52.6 Å². The predicted molar refractivity (Wildman–Crippen MR) is 113 cm³/mol. The molecule has 2 aromatic rings. The number of likely N-dealkylation sites (N-methyl/N-ethyl adjacent to an activating group) is 1. The number of quaternary nitrogens is 1. The third kappa shape index (κ3) is 3.27. The molecule has 1 aliphatic rings. The Morgan fingerprint density at radius 2 is 1.41 bits per heavy atom. The van der Waals surface area contributed by atoms with Crippen LogP contribution >= 0.6 is 0 Å². The number of anilines is 1. The summed E-state index contributed by atoms with van der Waals surface area (Å²) >= 11 is 0. The molecular weight excluding hydrogens is 368 g/mol. The first-order valence-corrected chi connectivity index (χ1v) is 10.2. The number of nitrogens with one attached hydrogen (secondary N) is 1. The Hall–Kier alpha value is -2.86. The molecule has 154 valence electrons. The van der Waals surface area contributed by atoms with E-state index in [1.807, 2.05) is 0 Å². The normalized spacial score (nSPS) is 14.3. The van der Waals surface area contributed by atoms with Crippen LogP contribution in [0.5, 0.6) is 11.5 Å². The molecule has 1 unspecified atom stereocenters. The molecular formula is C23H29N2O4+. The summed E-state index contributed by atoms with van der Waals surface area (Å²) in [4.78, 5) is 26.2. The van der Waals surface area contributed by atoms with Gasteiger partial charge in [-0.05, 0) is 45.9 Å². The van der Waals surface area contributed by atoms with Crippen LogP contribution in [0.4, 0.5) is 5.69 Å². The van der Waals surface area contributed by atoms with Gasteiger partial charge in [0.25, 0.3) is 0 Å². The monoisotopic (exact) mass is 397 g/mol. The minimum Gasteiger partial charge on any atom is -0.507 e. The van der Waals surface area contributed by atoms with E-state index in [9.17, 15) is 19.8 Å². The van der Waals surface area contributed by atoms with Gasteiger partial charge in [0.1, 0.15) is 17.5 Å². The molecule has 0 spiro atoms. The number of benzene rings is 2. The highest BCUT2D eigenvalue weighted by atomic mass is 16.3. The first-order chi connectivity index (χ1) is 13.8. The molecule has 0 bridgehead atoms. The fourth-order valence-corrected chi connectivity index (χ4v) is 4.49. The summed E-state index contributed by atoms with van der Waals surface area (Å²) in [7, 11) is 0. The van der Waals surface area contributed by atoms with E-state index in [1.165, 1.54) is 12.1 Å². The Balaban J connectivity index is 1.99. The van der Waals surface area contributed by atoms with Gasteiger partial charge in [-0.2, -0.15) is 0 Å². The fraction of sp³-hybridized carbons (Fsp3) is 0.391. The third-order valence-electron chi connectivity index (χ3n) is 6.56. The minimum absolute atomic E-state index is 0.133. The van der Waals surface area contributed by atoms with Gasteiger partial charge in [-0.15, -0.1) is 0 Å². The number of hydrogen-bond acceptors (Lipinski definition) is 5. The quantitative estimate of drug-likeness (QED) is 0.419. The number of rotatable bonds is 7. The van der Waals surface area contributed by atoms with Gasteiger partial charge >= 0.3 is 0 Å². The van der Waals surface area contributed by atoms with Crippen LogP contribution in [0.1, 0.15) is 59.5 Å². The van der Waals surface area contributed by atoms with Crippen molar-refractivity contribution in [2.24, 2.45) is 0 Å². The van der Waals surface area contributed by atoms with Crippen molar-refractivity contribution in [2.75, 3.05) is 31.5 Å². The van der Waals surface area contributed by atoms with Gasteiger partial charge in [0, 0.05) is 11.3 Å². The average Bonchev–Trinajstić information content (AvgIpc) is 2.73. The summed E-state index contributed by atoms with van der Waals surface area (Å²) in [6, 6.07) is 7.86. The van der Waals surface area contributed by atoms with E-state index >= 15 is 0 Å². The maximum atomic E-state index is 13.2. The largest absolute Gasteiger partial charge is 0.507 e. The molecule has 29 heavy (non-hydrogen) atoms. The molecule has 0 heterocycles. The number of ketones is 2. The molecule has 0 saturated heterocycles. The van der Waals surface area contributed by atoms with Crippen molar-refractivity contribution in [1.29, 1.82) is 0 Å². The lowest BCUT2D eigenvalue weighted by atomic mass is 9.82. The zero-order valence-corrected chi connectivity index (χ0v) is 17.5. The molecule has 3 rings (SSSR count). The molecule has 0 aromatic heterocycles. The molecule has 0 amide bonds. The van der Waals surface area contributed by atoms with Gasteiger partial charge in [0.15, 0.2) is 11.6 Å². The maximum Gasteiger partial charge on any atom is 0.200 e. The summed E-state index contributed by atoms with van der Waals surface area (Å²) < 4.78 is 0.951. The second kappa shape index (κ2) is 7.87. The number of phenols is 2. The number of carbonyl (C=O) groups excluding carboxylic acids is 2. The van der Waals surface area contributed by atoms with Crippen molar-refractivity contribution in [3.63, 3.8) is 0 Å². The van der Waals surface area contributed by atoms with Crippen LogP contribution in [0, 0.1) is 0 Å². The molecule has 2 aromatic carbocycles. The zero-order chi connectivity index (χ0) is 21.3. The van der Waals surface area contributed by atoms with Crippen LogP contribution in [0.2, 0.25) is 0 Å². The lowest BCUT2D eigenvalue weighted by molar-refractivity contribution is -0.943. The topological polar surface area (TPSA) is 86.6 Å². The van der Waals surface area contributed by atoms with E-state index in [0.29, 0.717) is 18.3 Å². The smallest absolute Gasteiger partial charge is 0.200 e. The molecule has 0 aliphatic heterocycles. The summed E-state index contributed by atoms with van der Waals surface area (Å²) in [5, 5.41) is 23.7. The molecule has 6 nitrogen and oxygen atoms in total. The van der Waals surface area contributed by atoms with Gasteiger partial charge < -0.3 is 20.0 Å². The zero-order valence-electron chi connectivity index (χ0n) is 17.5. The van der Waals surface area contributed by atoms with Crippen molar-refractivity contribution in [2.45, 2.75) is 33.7 Å². The van der Waals surface area contributed by atoms with E-state index < -0.39 is 11.6 Å². The number of nitrogens with zero attached hydrogens (tertiary/aromatic N) is 1. The molecule has 0 fully saturated rings. The van der Waals surface area contributed by atoms with Gasteiger partial charge in [0.05, 0.1) is 42.9 Å². The van der Waals surface area contributed by atoms with Crippen molar-refractivity contribution >= 4 is 17.3 Å². The summed E-state index contributed by atoms with van der Waals surface area (Å²) in [5.41, 5.74) is 0.795. The number of aromatic hydroxyl groups is 2. The van der Waals surface area contributed by atoms with Gasteiger partial charge in [-0.1, -0.05) is 12.1 Å². The van der Waals surface area contributed by atoms with Crippen LogP contribution in [0.15, 0.2) is 30.3 Å². The van der Waals surface area contributed by atoms with E-state index in [4.69, 9.17) is 0 Å². The number of fused-ring (bicyclic) bond motifs is 2. The Morgan fingerprint density at radius 3 is 1.97 bits per heavy atom. The highest BCUT2D eigenvalue weighted by Crippen LogP contribution is 2.39. The first kappa shape index (κ1) is 20.9. The van der Waals surface area contributed by atoms with Gasteiger partial charge in [0.2, 0.25) is 0 Å². The summed E-state index contributed by atoms with van der Waals surface area (Å²) in [6.07, 6.45) is 0. The van der Waals surface area contributed by atoms with Crippen molar-refractivity contribution < 1.29 is 24.3 Å². The third-order valence-corrected chi connectivity index (χ3v) is 6.56. The summed E-state index contributed by atoms with van der Waals surface area (Å²) in [6.45, 7) is 12.4. The molecule has 3 N–H and O–H groups in total. The number of phenolic OH excluding ortho intramolecular Hbond substituents is 2. The second-order valence-corrected chi connectivity index (χ2v) is 7.64. The minimum atomic E-state index is -0.458. The lowest BCUT2D eigenvalue weighted by Crippen LogP contribution is -2.56. The van der Waals surface area contributed by atoms with E-state index in [1.54, 1.807) is 18.2 Å². The molecule has 1 aliphatic carbocycles. The van der Waals surface area contributed by atoms with Crippen LogP contribution in [0.25, 0.3) is 0 Å². The Bertz CT molecular complexity index is 955. The Morgan fingerprint density at radius 1 is 0.862 bits per heavy atom. The van der Waals surface area contributed by atoms with Gasteiger partial charge in [-0.25, -0.2) is 0 Å². The second-order valence-electron chi connectivity index (χ2n) is 7.64. The lowest BCUT2D eigenvalue weighted by Gasteiger charge is -2.41. The van der Waals surface area contributed by atoms with Crippen LogP contribution in [0.3, 0.4) is 0 Å². The van der Waals surface area contributed by atoms with Crippen molar-refractivity contribution in [3.8, 4) is 11.5 Å². The van der Waals surface area contributed by atoms with Crippen LogP contribution in [-0.2, 0) is 0 Å². The van der Waals surface area contributed by atoms with E-state index in [-0.39, 0.29) is 33.8 Å². The van der Waals surface area contributed by atoms with Crippen LogP contribution in [-0.4, -0.2) is 58.5 Å². The Labute approximate surface area is 171 Å². The number of carbonyl (C=O) groups is 2. The van der Waals surface area contributed by atoms with E-state index in [0.717, 1.165) is 24.1 Å². The van der Waals surface area contributed by atoms with Crippen molar-refractivity contribution in [1.82, 2.24) is 0 Å². The highest BCUT2D eigenvalue weighted by Gasteiger charge is 2.36. The average molecular weight is 397 g/mol. The van der Waals surface area contributed by atoms with E-state index in [2.05, 4.69) is 33.0 Å². The fourth-order valence-electron chi connectivity index (χ4n) is 4.49. The highest BCUT2D eigenvalue weighted by molar-refractivity contribution is 6.31.